The van der Waals surface area contributed by atoms with E-state index in [2.05, 4.69) is 21.7 Å². The average Bonchev–Trinajstić information content (AvgIpc) is 2.26. The third-order valence-electron chi connectivity index (χ3n) is 1.89. The molecule has 0 unspecified atom stereocenters. The summed E-state index contributed by atoms with van der Waals surface area (Å²) < 4.78 is 0. The molecule has 8 nitrogen and oxygen atoms in total. The first-order valence-corrected chi connectivity index (χ1v) is 4.72. The summed E-state index contributed by atoms with van der Waals surface area (Å²) in [5.41, 5.74) is 21.7. The Balaban J connectivity index is 2.71. The number of hydrazine groups is 2. The molecule has 4 amide bonds. The van der Waals surface area contributed by atoms with Crippen molar-refractivity contribution in [2.75, 3.05) is 10.9 Å². The molecular weight excluding hydrogens is 224 g/mol. The predicted molar refractivity (Wildman–Crippen MR) is 63.9 cm³/mol. The highest BCUT2D eigenvalue weighted by Crippen LogP contribution is 2.18. The van der Waals surface area contributed by atoms with E-state index in [-0.39, 0.29) is 0 Å². The van der Waals surface area contributed by atoms with Crippen LogP contribution in [0.2, 0.25) is 0 Å². The minimum absolute atomic E-state index is 0.600. The first-order valence-electron chi connectivity index (χ1n) is 4.72. The van der Waals surface area contributed by atoms with Crippen LogP contribution in [0.4, 0.5) is 21.0 Å². The predicted octanol–water partition coefficient (Wildman–Crippen LogP) is -0.0146. The van der Waals surface area contributed by atoms with Gasteiger partial charge in [0.25, 0.3) is 0 Å². The number of hydrogen-bond donors (Lipinski definition) is 6. The van der Waals surface area contributed by atoms with Gasteiger partial charge in [0.05, 0.1) is 11.4 Å². The minimum atomic E-state index is -0.699. The zero-order valence-corrected chi connectivity index (χ0v) is 9.20. The van der Waals surface area contributed by atoms with Crippen LogP contribution >= 0.6 is 0 Å². The number of amides is 4. The highest BCUT2D eigenvalue weighted by molar-refractivity contribution is 5.75. The van der Waals surface area contributed by atoms with Gasteiger partial charge in [-0.2, -0.15) is 0 Å². The number of carbonyl (C=O) groups excluding carboxylic acids is 2. The third kappa shape index (κ3) is 4.16. The fraction of sp³-hybridized carbons (Fsp3) is 0.111. The SMILES string of the molecule is Cc1ccc(NNC(N)=O)cc1NNC(N)=O. The maximum absolute atomic E-state index is 10.5. The normalized spacial score (nSPS) is 9.24. The van der Waals surface area contributed by atoms with Crippen molar-refractivity contribution in [1.29, 1.82) is 0 Å². The first-order chi connectivity index (χ1) is 7.99. The Hall–Kier alpha value is -2.64. The van der Waals surface area contributed by atoms with Crippen molar-refractivity contribution in [2.45, 2.75) is 6.92 Å². The number of aryl methyl sites for hydroxylation is 1. The fourth-order valence-corrected chi connectivity index (χ4v) is 1.10. The van der Waals surface area contributed by atoms with Crippen molar-refractivity contribution in [3.8, 4) is 0 Å². The Kier molecular flexibility index (Phi) is 3.98. The van der Waals surface area contributed by atoms with E-state index in [1.807, 2.05) is 6.92 Å². The number of hydrogen-bond acceptors (Lipinski definition) is 4. The van der Waals surface area contributed by atoms with E-state index in [1.165, 1.54) is 0 Å². The zero-order chi connectivity index (χ0) is 12.8. The van der Waals surface area contributed by atoms with Gasteiger partial charge in [0.15, 0.2) is 0 Å². The summed E-state index contributed by atoms with van der Waals surface area (Å²) in [5.74, 6) is 0. The molecule has 1 aromatic carbocycles. The van der Waals surface area contributed by atoms with Crippen molar-refractivity contribution >= 4 is 23.4 Å². The van der Waals surface area contributed by atoms with Crippen LogP contribution in [0, 0.1) is 6.92 Å². The van der Waals surface area contributed by atoms with E-state index in [9.17, 15) is 9.59 Å². The Morgan fingerprint density at radius 1 is 1.06 bits per heavy atom. The quantitative estimate of drug-likeness (QED) is 0.411. The number of benzene rings is 1. The van der Waals surface area contributed by atoms with Gasteiger partial charge < -0.3 is 11.5 Å². The lowest BCUT2D eigenvalue weighted by Crippen LogP contribution is -2.35. The first kappa shape index (κ1) is 12.4. The summed E-state index contributed by atoms with van der Waals surface area (Å²) in [6, 6.07) is 3.80. The van der Waals surface area contributed by atoms with Crippen LogP contribution < -0.4 is 33.2 Å². The summed E-state index contributed by atoms with van der Waals surface area (Å²) in [6.07, 6.45) is 0. The van der Waals surface area contributed by atoms with E-state index in [1.54, 1.807) is 18.2 Å². The van der Waals surface area contributed by atoms with Gasteiger partial charge in [0, 0.05) is 0 Å². The zero-order valence-electron chi connectivity index (χ0n) is 9.20. The number of carbonyl (C=O) groups is 2. The van der Waals surface area contributed by atoms with Gasteiger partial charge in [-0.05, 0) is 24.6 Å². The van der Waals surface area contributed by atoms with Crippen LogP contribution in [0.5, 0.6) is 0 Å². The largest absolute Gasteiger partial charge is 0.350 e. The van der Waals surface area contributed by atoms with Crippen LogP contribution in [0.15, 0.2) is 18.2 Å². The molecule has 8 heteroatoms. The molecule has 1 rings (SSSR count). The minimum Gasteiger partial charge on any atom is -0.350 e. The lowest BCUT2D eigenvalue weighted by Gasteiger charge is -2.12. The molecule has 0 aliphatic carbocycles. The van der Waals surface area contributed by atoms with Crippen LogP contribution in [-0.4, -0.2) is 12.1 Å². The van der Waals surface area contributed by atoms with Gasteiger partial charge in [0.1, 0.15) is 0 Å². The molecule has 8 N–H and O–H groups in total. The molecule has 1 aromatic rings. The second-order valence-electron chi connectivity index (χ2n) is 3.26. The van der Waals surface area contributed by atoms with Crippen LogP contribution in [0.3, 0.4) is 0 Å². The molecule has 0 fully saturated rings. The molecule has 0 aromatic heterocycles. The van der Waals surface area contributed by atoms with E-state index in [0.717, 1.165) is 5.56 Å². The second kappa shape index (κ2) is 5.45. The Labute approximate surface area is 97.7 Å². The van der Waals surface area contributed by atoms with Crippen molar-refractivity contribution < 1.29 is 9.59 Å². The van der Waals surface area contributed by atoms with Gasteiger partial charge >= 0.3 is 12.1 Å². The van der Waals surface area contributed by atoms with E-state index in [4.69, 9.17) is 11.5 Å². The van der Waals surface area contributed by atoms with Crippen LogP contribution in [0.25, 0.3) is 0 Å². The van der Waals surface area contributed by atoms with Gasteiger partial charge in [0.2, 0.25) is 0 Å². The van der Waals surface area contributed by atoms with Crippen LogP contribution in [0.1, 0.15) is 5.56 Å². The van der Waals surface area contributed by atoms with Gasteiger partial charge in [-0.25, -0.2) is 9.59 Å². The molecule has 0 bridgehead atoms. The standard InChI is InChI=1S/C9H14N6O2/c1-5-2-3-6(12-14-8(10)16)4-7(5)13-15-9(11)17/h2-4,12-13H,1H3,(H3,10,14,16)(H3,11,15,17). The highest BCUT2D eigenvalue weighted by atomic mass is 16.2. The molecule has 0 heterocycles. The fourth-order valence-electron chi connectivity index (χ4n) is 1.10. The molecule has 0 aliphatic rings. The summed E-state index contributed by atoms with van der Waals surface area (Å²) in [4.78, 5) is 21.0. The average molecular weight is 238 g/mol. The maximum atomic E-state index is 10.5. The molecule has 92 valence electrons. The summed E-state index contributed by atoms with van der Waals surface area (Å²) in [7, 11) is 0. The highest BCUT2D eigenvalue weighted by Gasteiger charge is 2.01. The van der Waals surface area contributed by atoms with Crippen molar-refractivity contribution in [1.82, 2.24) is 10.9 Å². The number of anilines is 2. The summed E-state index contributed by atoms with van der Waals surface area (Å²) in [5, 5.41) is 0. The number of urea groups is 2. The van der Waals surface area contributed by atoms with Crippen molar-refractivity contribution in [2.24, 2.45) is 11.5 Å². The second-order valence-corrected chi connectivity index (χ2v) is 3.26. The molecule has 0 saturated heterocycles. The number of nitrogens with one attached hydrogen (secondary N) is 4. The molecule has 0 spiro atoms. The summed E-state index contributed by atoms with van der Waals surface area (Å²) in [6.45, 7) is 1.84. The van der Waals surface area contributed by atoms with Crippen molar-refractivity contribution in [3.05, 3.63) is 23.8 Å². The lowest BCUT2D eigenvalue weighted by atomic mass is 10.2. The number of nitrogens with two attached hydrogens (primary N) is 2. The van der Waals surface area contributed by atoms with Crippen molar-refractivity contribution in [3.63, 3.8) is 0 Å². The molecule has 17 heavy (non-hydrogen) atoms. The number of rotatable bonds is 4. The molecule has 0 radical (unpaired) electrons. The van der Waals surface area contributed by atoms with E-state index < -0.39 is 12.1 Å². The van der Waals surface area contributed by atoms with E-state index in [0.29, 0.717) is 11.4 Å². The Morgan fingerprint density at radius 2 is 1.65 bits per heavy atom. The summed E-state index contributed by atoms with van der Waals surface area (Å²) >= 11 is 0. The van der Waals surface area contributed by atoms with Crippen LogP contribution in [-0.2, 0) is 0 Å². The van der Waals surface area contributed by atoms with Gasteiger partial charge in [-0.1, -0.05) is 6.07 Å². The smallest absolute Gasteiger partial charge is 0.330 e. The Morgan fingerprint density at radius 3 is 2.24 bits per heavy atom. The molecule has 0 saturated carbocycles. The Bertz CT molecular complexity index is 433. The van der Waals surface area contributed by atoms with Gasteiger partial charge in [-0.15, -0.1) is 0 Å². The molecule has 0 atom stereocenters. The molecule has 0 aliphatic heterocycles. The third-order valence-corrected chi connectivity index (χ3v) is 1.89. The van der Waals surface area contributed by atoms with E-state index >= 15 is 0 Å². The topological polar surface area (TPSA) is 134 Å². The lowest BCUT2D eigenvalue weighted by molar-refractivity contribution is 0.250. The maximum Gasteiger partial charge on any atom is 0.330 e. The monoisotopic (exact) mass is 238 g/mol. The molecular formula is C9H14N6O2. The van der Waals surface area contributed by atoms with Gasteiger partial charge in [-0.3, -0.25) is 21.7 Å². The number of primary amides is 2.